The molecule has 1 unspecified atom stereocenters. The van der Waals surface area contributed by atoms with Crippen molar-refractivity contribution in [2.75, 3.05) is 13.7 Å². The van der Waals surface area contributed by atoms with Crippen LogP contribution in [0.15, 0.2) is 59.5 Å². The van der Waals surface area contributed by atoms with Crippen molar-refractivity contribution in [1.82, 2.24) is 4.72 Å². The van der Waals surface area contributed by atoms with Crippen LogP contribution < -0.4 is 14.2 Å². The van der Waals surface area contributed by atoms with E-state index in [9.17, 15) is 8.42 Å². The highest BCUT2D eigenvalue weighted by Crippen LogP contribution is 2.22. The molecule has 0 bridgehead atoms. The molecular formula is C16H19NO4S. The minimum atomic E-state index is -3.65. The largest absolute Gasteiger partial charge is 0.495 e. The Hall–Kier alpha value is -2.05. The average molecular weight is 321 g/mol. The van der Waals surface area contributed by atoms with Gasteiger partial charge in [0.1, 0.15) is 22.5 Å². The maximum absolute atomic E-state index is 12.3. The van der Waals surface area contributed by atoms with Gasteiger partial charge >= 0.3 is 0 Å². The van der Waals surface area contributed by atoms with Crippen LogP contribution in [0.3, 0.4) is 0 Å². The zero-order valence-corrected chi connectivity index (χ0v) is 13.3. The van der Waals surface area contributed by atoms with Crippen LogP contribution in [-0.4, -0.2) is 28.2 Å². The van der Waals surface area contributed by atoms with E-state index in [-0.39, 0.29) is 17.5 Å². The minimum absolute atomic E-state index is 0.115. The van der Waals surface area contributed by atoms with Gasteiger partial charge in [0.15, 0.2) is 0 Å². The van der Waals surface area contributed by atoms with Crippen LogP contribution in [0.25, 0.3) is 0 Å². The van der Waals surface area contributed by atoms with E-state index in [4.69, 9.17) is 9.47 Å². The maximum atomic E-state index is 12.3. The van der Waals surface area contributed by atoms with E-state index in [1.807, 2.05) is 30.3 Å². The molecule has 0 spiro atoms. The second-order valence-electron chi connectivity index (χ2n) is 4.74. The van der Waals surface area contributed by atoms with Crippen LogP contribution in [0.4, 0.5) is 0 Å². The Labute approximate surface area is 130 Å². The second kappa shape index (κ2) is 7.29. The monoisotopic (exact) mass is 321 g/mol. The number of benzene rings is 2. The zero-order valence-electron chi connectivity index (χ0n) is 12.5. The Bertz CT molecular complexity index is 701. The van der Waals surface area contributed by atoms with Gasteiger partial charge in [-0.3, -0.25) is 0 Å². The molecule has 0 heterocycles. The molecule has 118 valence electrons. The smallest absolute Gasteiger partial charge is 0.244 e. The Kier molecular flexibility index (Phi) is 5.41. The molecule has 0 amide bonds. The van der Waals surface area contributed by atoms with Crippen LogP contribution in [0.5, 0.6) is 11.5 Å². The van der Waals surface area contributed by atoms with Gasteiger partial charge in [-0.1, -0.05) is 30.3 Å². The molecule has 2 rings (SSSR count). The molecule has 0 saturated heterocycles. The van der Waals surface area contributed by atoms with E-state index in [0.29, 0.717) is 11.5 Å². The zero-order chi connectivity index (χ0) is 16.0. The molecule has 6 heteroatoms. The molecule has 0 aliphatic rings. The molecule has 0 radical (unpaired) electrons. The maximum Gasteiger partial charge on any atom is 0.244 e. The molecule has 1 atom stereocenters. The summed E-state index contributed by atoms with van der Waals surface area (Å²) in [6.45, 7) is 1.97. The lowest BCUT2D eigenvalue weighted by molar-refractivity contribution is 0.225. The van der Waals surface area contributed by atoms with Crippen molar-refractivity contribution in [1.29, 1.82) is 0 Å². The lowest BCUT2D eigenvalue weighted by Crippen LogP contribution is -2.33. The van der Waals surface area contributed by atoms with Gasteiger partial charge in [-0.2, -0.15) is 0 Å². The van der Waals surface area contributed by atoms with E-state index >= 15 is 0 Å². The van der Waals surface area contributed by atoms with Crippen molar-refractivity contribution in [3.05, 3.63) is 54.6 Å². The highest BCUT2D eigenvalue weighted by atomic mass is 32.2. The molecule has 0 aliphatic heterocycles. The first kappa shape index (κ1) is 16.3. The first-order valence-electron chi connectivity index (χ1n) is 6.87. The number of hydrogen-bond donors (Lipinski definition) is 1. The molecule has 0 saturated carbocycles. The SMILES string of the molecule is COc1ccccc1S(=O)(=O)NCC(C)Oc1ccccc1. The third kappa shape index (κ3) is 4.22. The lowest BCUT2D eigenvalue weighted by Gasteiger charge is -2.16. The van der Waals surface area contributed by atoms with Gasteiger partial charge in [-0.25, -0.2) is 13.1 Å². The quantitative estimate of drug-likeness (QED) is 0.851. The van der Waals surface area contributed by atoms with Gasteiger partial charge < -0.3 is 9.47 Å². The normalized spacial score (nSPS) is 12.6. The van der Waals surface area contributed by atoms with E-state index in [0.717, 1.165) is 0 Å². The fraction of sp³-hybridized carbons (Fsp3) is 0.250. The van der Waals surface area contributed by atoms with Gasteiger partial charge in [0.25, 0.3) is 0 Å². The van der Waals surface area contributed by atoms with Gasteiger partial charge in [0, 0.05) is 6.54 Å². The molecule has 0 aliphatic carbocycles. The lowest BCUT2D eigenvalue weighted by atomic mass is 10.3. The van der Waals surface area contributed by atoms with Gasteiger partial charge in [0.05, 0.1) is 7.11 Å². The Morgan fingerprint density at radius 2 is 1.68 bits per heavy atom. The number of rotatable bonds is 7. The van der Waals surface area contributed by atoms with Crippen LogP contribution in [0, 0.1) is 0 Å². The van der Waals surface area contributed by atoms with Crippen LogP contribution in [0.2, 0.25) is 0 Å². The van der Waals surface area contributed by atoms with E-state index in [2.05, 4.69) is 4.72 Å². The minimum Gasteiger partial charge on any atom is -0.495 e. The molecule has 2 aromatic carbocycles. The van der Waals surface area contributed by atoms with Gasteiger partial charge in [0.2, 0.25) is 10.0 Å². The highest BCUT2D eigenvalue weighted by Gasteiger charge is 2.19. The summed E-state index contributed by atoms with van der Waals surface area (Å²) in [4.78, 5) is 0.115. The molecule has 5 nitrogen and oxygen atoms in total. The molecule has 0 aromatic heterocycles. The molecule has 2 aromatic rings. The first-order valence-corrected chi connectivity index (χ1v) is 8.35. The summed E-state index contributed by atoms with van der Waals surface area (Å²) >= 11 is 0. The average Bonchev–Trinajstić information content (AvgIpc) is 2.54. The number of nitrogens with one attached hydrogen (secondary N) is 1. The number of ether oxygens (including phenoxy) is 2. The predicted molar refractivity (Wildman–Crippen MR) is 84.7 cm³/mol. The summed E-state index contributed by atoms with van der Waals surface area (Å²) in [7, 11) is -2.21. The van der Waals surface area contributed by atoms with Crippen molar-refractivity contribution in [3.8, 4) is 11.5 Å². The molecule has 1 N–H and O–H groups in total. The molecule has 0 fully saturated rings. The van der Waals surface area contributed by atoms with E-state index in [1.54, 1.807) is 25.1 Å². The summed E-state index contributed by atoms with van der Waals surface area (Å²) in [6.07, 6.45) is -0.299. The van der Waals surface area contributed by atoms with Crippen molar-refractivity contribution < 1.29 is 17.9 Å². The van der Waals surface area contributed by atoms with Crippen molar-refractivity contribution in [2.45, 2.75) is 17.9 Å². The van der Waals surface area contributed by atoms with E-state index < -0.39 is 10.0 Å². The van der Waals surface area contributed by atoms with Gasteiger partial charge in [-0.05, 0) is 31.2 Å². The van der Waals surface area contributed by atoms with Crippen LogP contribution in [-0.2, 0) is 10.0 Å². The summed E-state index contributed by atoms with van der Waals surface area (Å²) in [5.74, 6) is 1.01. The number of para-hydroxylation sites is 2. The van der Waals surface area contributed by atoms with Crippen LogP contribution >= 0.6 is 0 Å². The van der Waals surface area contributed by atoms with Crippen molar-refractivity contribution in [3.63, 3.8) is 0 Å². The molecular weight excluding hydrogens is 302 g/mol. The summed E-state index contributed by atoms with van der Waals surface area (Å²) in [6, 6.07) is 15.8. The Morgan fingerprint density at radius 1 is 1.05 bits per heavy atom. The third-order valence-electron chi connectivity index (χ3n) is 3.00. The number of methoxy groups -OCH3 is 1. The van der Waals surface area contributed by atoms with E-state index in [1.165, 1.54) is 13.2 Å². The molecule has 22 heavy (non-hydrogen) atoms. The van der Waals surface area contributed by atoms with Crippen molar-refractivity contribution >= 4 is 10.0 Å². The highest BCUT2D eigenvalue weighted by molar-refractivity contribution is 7.89. The van der Waals surface area contributed by atoms with Gasteiger partial charge in [-0.15, -0.1) is 0 Å². The van der Waals surface area contributed by atoms with Crippen LogP contribution in [0.1, 0.15) is 6.92 Å². The first-order chi connectivity index (χ1) is 10.5. The third-order valence-corrected chi connectivity index (χ3v) is 4.46. The Balaban J connectivity index is 2.00. The fourth-order valence-electron chi connectivity index (χ4n) is 1.92. The Morgan fingerprint density at radius 3 is 2.36 bits per heavy atom. The predicted octanol–water partition coefficient (Wildman–Crippen LogP) is 2.44. The van der Waals surface area contributed by atoms with Crippen molar-refractivity contribution in [2.24, 2.45) is 0 Å². The second-order valence-corrected chi connectivity index (χ2v) is 6.48. The fourth-order valence-corrected chi connectivity index (χ4v) is 3.20. The topological polar surface area (TPSA) is 64.6 Å². The number of sulfonamides is 1. The standard InChI is InChI=1S/C16H19NO4S/c1-13(21-14-8-4-3-5-9-14)12-17-22(18,19)16-11-7-6-10-15(16)20-2/h3-11,13,17H,12H2,1-2H3. The summed E-state index contributed by atoms with van der Waals surface area (Å²) in [5, 5.41) is 0. The summed E-state index contributed by atoms with van der Waals surface area (Å²) < 4.78 is 37.9. The number of hydrogen-bond acceptors (Lipinski definition) is 4. The summed E-state index contributed by atoms with van der Waals surface area (Å²) in [5.41, 5.74) is 0.